The first kappa shape index (κ1) is 26.5. The number of amides is 1. The first-order valence-electron chi connectivity index (χ1n) is 10.4. The van der Waals surface area contributed by atoms with Crippen LogP contribution < -0.4 is 22.1 Å². The van der Waals surface area contributed by atoms with E-state index in [1.54, 1.807) is 24.3 Å². The van der Waals surface area contributed by atoms with Crippen LogP contribution in [0.15, 0.2) is 65.7 Å². The predicted molar refractivity (Wildman–Crippen MR) is 130 cm³/mol. The van der Waals surface area contributed by atoms with Crippen molar-refractivity contribution in [3.8, 4) is 0 Å². The molecule has 6 nitrogen and oxygen atoms in total. The number of carbonyl (C=O) groups is 1. The van der Waals surface area contributed by atoms with Crippen molar-refractivity contribution in [2.45, 2.75) is 25.2 Å². The van der Waals surface area contributed by atoms with Gasteiger partial charge in [0.1, 0.15) is 5.82 Å². The SMILES string of the molecule is NC(CC(N)c1ccc(Cl)cc1)N/C(=N\C(=O)c1ccc(F)c(F)c1)NCc1ccc(F)cc1Cl. The molecular formula is C24H22Cl2F3N5O. The molecule has 3 aromatic carbocycles. The van der Waals surface area contributed by atoms with Gasteiger partial charge in [0.2, 0.25) is 5.96 Å². The molecule has 0 heterocycles. The zero-order chi connectivity index (χ0) is 25.5. The molecule has 11 heteroatoms. The molecule has 184 valence electrons. The van der Waals surface area contributed by atoms with Gasteiger partial charge in [0.05, 0.1) is 6.17 Å². The van der Waals surface area contributed by atoms with Gasteiger partial charge >= 0.3 is 0 Å². The lowest BCUT2D eigenvalue weighted by atomic mass is 10.0. The van der Waals surface area contributed by atoms with Gasteiger partial charge in [0.15, 0.2) is 11.6 Å². The number of hydrogen-bond acceptors (Lipinski definition) is 3. The Morgan fingerprint density at radius 3 is 2.31 bits per heavy atom. The van der Waals surface area contributed by atoms with Crippen molar-refractivity contribution in [1.29, 1.82) is 0 Å². The van der Waals surface area contributed by atoms with Crippen LogP contribution in [0.1, 0.15) is 33.9 Å². The first-order valence-corrected chi connectivity index (χ1v) is 11.2. The zero-order valence-corrected chi connectivity index (χ0v) is 19.8. The number of carbonyl (C=O) groups excluding carboxylic acids is 1. The standard InChI is InChI=1S/C24H22Cl2F3N5O/c25-16-5-1-13(2-6-16)21(30)11-22(31)33-24(32-12-15-3-7-17(27)10-18(15)26)34-23(35)14-4-8-19(28)20(29)9-14/h1-10,21-22H,11-12,30-31H2,(H2,32,33,34,35). The molecule has 0 aliphatic heterocycles. The highest BCUT2D eigenvalue weighted by molar-refractivity contribution is 6.31. The van der Waals surface area contributed by atoms with Crippen molar-refractivity contribution < 1.29 is 18.0 Å². The third kappa shape index (κ3) is 7.69. The van der Waals surface area contributed by atoms with E-state index < -0.39 is 35.6 Å². The highest BCUT2D eigenvalue weighted by Gasteiger charge is 2.16. The Labute approximate surface area is 210 Å². The van der Waals surface area contributed by atoms with E-state index in [2.05, 4.69) is 15.6 Å². The van der Waals surface area contributed by atoms with Crippen molar-refractivity contribution in [3.05, 3.63) is 105 Å². The summed E-state index contributed by atoms with van der Waals surface area (Å²) in [4.78, 5) is 16.5. The monoisotopic (exact) mass is 523 g/mol. The molecule has 6 N–H and O–H groups in total. The van der Waals surface area contributed by atoms with Gasteiger partial charge in [-0.05, 0) is 60.0 Å². The van der Waals surface area contributed by atoms with E-state index in [-0.39, 0.29) is 29.5 Å². The van der Waals surface area contributed by atoms with Crippen LogP contribution >= 0.6 is 23.2 Å². The zero-order valence-electron chi connectivity index (χ0n) is 18.2. The summed E-state index contributed by atoms with van der Waals surface area (Å²) < 4.78 is 40.1. The molecular weight excluding hydrogens is 502 g/mol. The summed E-state index contributed by atoms with van der Waals surface area (Å²) in [6.45, 7) is 0.0615. The molecule has 0 aliphatic rings. The largest absolute Gasteiger partial charge is 0.352 e. The summed E-state index contributed by atoms with van der Waals surface area (Å²) in [5, 5.41) is 6.47. The van der Waals surface area contributed by atoms with Crippen LogP contribution in [0.5, 0.6) is 0 Å². The van der Waals surface area contributed by atoms with Gasteiger partial charge in [-0.1, -0.05) is 41.4 Å². The Morgan fingerprint density at radius 1 is 0.943 bits per heavy atom. The number of halogens is 5. The number of nitrogens with one attached hydrogen (secondary N) is 2. The molecule has 0 saturated carbocycles. The molecule has 35 heavy (non-hydrogen) atoms. The molecule has 2 atom stereocenters. The molecule has 0 aliphatic carbocycles. The molecule has 0 aromatic heterocycles. The quantitative estimate of drug-likeness (QED) is 0.205. The molecule has 0 spiro atoms. The van der Waals surface area contributed by atoms with E-state index >= 15 is 0 Å². The van der Waals surface area contributed by atoms with Crippen molar-refractivity contribution in [2.75, 3.05) is 0 Å². The van der Waals surface area contributed by atoms with E-state index in [0.717, 1.165) is 29.8 Å². The van der Waals surface area contributed by atoms with Crippen LogP contribution in [0.3, 0.4) is 0 Å². The van der Waals surface area contributed by atoms with Gasteiger partial charge in [0, 0.05) is 28.2 Å². The molecule has 3 rings (SSSR count). The van der Waals surface area contributed by atoms with Crippen molar-refractivity contribution >= 4 is 35.1 Å². The summed E-state index contributed by atoms with van der Waals surface area (Å²) in [5.74, 6) is -3.69. The Kier molecular flexibility index (Phi) is 9.11. The second-order valence-electron chi connectivity index (χ2n) is 7.63. The molecule has 1 amide bonds. The van der Waals surface area contributed by atoms with Crippen molar-refractivity contribution in [3.63, 3.8) is 0 Å². The molecule has 2 unspecified atom stereocenters. The number of benzene rings is 3. The number of hydrogen-bond donors (Lipinski definition) is 4. The van der Waals surface area contributed by atoms with Crippen molar-refractivity contribution in [2.24, 2.45) is 16.5 Å². The molecule has 0 bridgehead atoms. The van der Waals surface area contributed by atoms with Gasteiger partial charge in [0.25, 0.3) is 5.91 Å². The Bertz CT molecular complexity index is 1220. The maximum absolute atomic E-state index is 13.6. The fourth-order valence-electron chi connectivity index (χ4n) is 3.12. The Hall–Kier alpha value is -3.11. The topological polar surface area (TPSA) is 106 Å². The number of guanidine groups is 1. The minimum atomic E-state index is -1.18. The minimum absolute atomic E-state index is 0.0593. The highest BCUT2D eigenvalue weighted by Crippen LogP contribution is 2.19. The maximum Gasteiger partial charge on any atom is 0.280 e. The normalized spacial score (nSPS) is 13.3. The fourth-order valence-corrected chi connectivity index (χ4v) is 3.48. The van der Waals surface area contributed by atoms with E-state index in [9.17, 15) is 18.0 Å². The second-order valence-corrected chi connectivity index (χ2v) is 8.47. The van der Waals surface area contributed by atoms with Crippen LogP contribution in [0.2, 0.25) is 10.0 Å². The summed E-state index contributed by atoms with van der Waals surface area (Å²) in [6, 6.07) is 13.0. The third-order valence-corrected chi connectivity index (χ3v) is 5.57. The number of nitrogens with two attached hydrogens (primary N) is 2. The average Bonchev–Trinajstić information content (AvgIpc) is 2.80. The van der Waals surface area contributed by atoms with Crippen LogP contribution in [0.4, 0.5) is 13.2 Å². The van der Waals surface area contributed by atoms with Gasteiger partial charge in [-0.25, -0.2) is 13.2 Å². The van der Waals surface area contributed by atoms with Crippen LogP contribution in [-0.4, -0.2) is 18.0 Å². The van der Waals surface area contributed by atoms with Crippen LogP contribution in [-0.2, 0) is 6.54 Å². The van der Waals surface area contributed by atoms with Crippen LogP contribution in [0.25, 0.3) is 0 Å². The number of aliphatic imine (C=N–C) groups is 1. The minimum Gasteiger partial charge on any atom is -0.352 e. The molecule has 3 aromatic rings. The molecule has 0 radical (unpaired) electrons. The second kappa shape index (κ2) is 12.0. The van der Waals surface area contributed by atoms with E-state index in [0.29, 0.717) is 10.6 Å². The van der Waals surface area contributed by atoms with Crippen molar-refractivity contribution in [1.82, 2.24) is 10.6 Å². The highest BCUT2D eigenvalue weighted by atomic mass is 35.5. The van der Waals surface area contributed by atoms with E-state index in [4.69, 9.17) is 34.7 Å². The third-order valence-electron chi connectivity index (χ3n) is 4.97. The lowest BCUT2D eigenvalue weighted by molar-refractivity contribution is 0.100. The average molecular weight is 524 g/mol. The van der Waals surface area contributed by atoms with Gasteiger partial charge in [-0.15, -0.1) is 0 Å². The van der Waals surface area contributed by atoms with Gasteiger partial charge in [-0.3, -0.25) is 4.79 Å². The maximum atomic E-state index is 13.6. The van der Waals surface area contributed by atoms with Gasteiger partial charge in [-0.2, -0.15) is 4.99 Å². The smallest absolute Gasteiger partial charge is 0.280 e. The van der Waals surface area contributed by atoms with Gasteiger partial charge < -0.3 is 22.1 Å². The summed E-state index contributed by atoms with van der Waals surface area (Å²) in [5.41, 5.74) is 13.6. The predicted octanol–water partition coefficient (Wildman–Crippen LogP) is 4.66. The summed E-state index contributed by atoms with van der Waals surface area (Å²) >= 11 is 12.0. The van der Waals surface area contributed by atoms with E-state index in [1.165, 1.54) is 12.1 Å². The molecule has 0 saturated heterocycles. The summed E-state index contributed by atoms with van der Waals surface area (Å²) in [7, 11) is 0. The van der Waals surface area contributed by atoms with Crippen LogP contribution in [0, 0.1) is 17.5 Å². The Morgan fingerprint density at radius 2 is 1.66 bits per heavy atom. The number of nitrogens with zero attached hydrogens (tertiary/aromatic N) is 1. The fraction of sp³-hybridized carbons (Fsp3) is 0.167. The lowest BCUT2D eigenvalue weighted by Crippen LogP contribution is -2.49. The summed E-state index contributed by atoms with van der Waals surface area (Å²) in [6.07, 6.45) is -0.507. The first-order chi connectivity index (χ1) is 16.6. The lowest BCUT2D eigenvalue weighted by Gasteiger charge is -2.21. The molecule has 0 fully saturated rings. The Balaban J connectivity index is 1.77. The van der Waals surface area contributed by atoms with E-state index in [1.807, 2.05) is 0 Å². The number of rotatable bonds is 7.